The van der Waals surface area contributed by atoms with Gasteiger partial charge in [-0.2, -0.15) is 0 Å². The van der Waals surface area contributed by atoms with Gasteiger partial charge >= 0.3 is 0 Å². The van der Waals surface area contributed by atoms with Crippen LogP contribution in [0.4, 0.5) is 0 Å². The van der Waals surface area contributed by atoms with Crippen molar-refractivity contribution >= 4 is 0 Å². The summed E-state index contributed by atoms with van der Waals surface area (Å²) in [4.78, 5) is 4.72. The zero-order valence-corrected chi connectivity index (χ0v) is 16.3. The molecule has 2 atom stereocenters. The van der Waals surface area contributed by atoms with Crippen LogP contribution in [0.1, 0.15) is 48.5 Å². The van der Waals surface area contributed by atoms with Gasteiger partial charge in [0, 0.05) is 37.3 Å². The molecule has 0 spiro atoms. The van der Waals surface area contributed by atoms with Crippen molar-refractivity contribution in [3.8, 4) is 0 Å². The maximum Gasteiger partial charge on any atom is 0.0939 e. The normalized spacial score (nSPS) is 24.4. The minimum Gasteiger partial charge on any atom is -0.395 e. The highest BCUT2D eigenvalue weighted by Gasteiger charge is 2.31. The first kappa shape index (κ1) is 20.8. The minimum atomic E-state index is 0.0466. The van der Waals surface area contributed by atoms with Crippen LogP contribution >= 0.6 is 0 Å². The highest BCUT2D eigenvalue weighted by Crippen LogP contribution is 2.20. The van der Waals surface area contributed by atoms with Crippen molar-refractivity contribution in [1.29, 1.82) is 0 Å². The second kappa shape index (κ2) is 8.77. The zero-order valence-electron chi connectivity index (χ0n) is 16.3. The van der Waals surface area contributed by atoms with Crippen LogP contribution in [0, 0.1) is 0 Å². The average molecular weight is 331 g/mol. The molecule has 5 heteroatoms. The molecule has 0 aromatic carbocycles. The molecule has 0 radical (unpaired) electrons. The Bertz CT molecular complexity index is 336. The number of β-amino-alcohol motifs (C(OH)–C–C–N with tert-alkyl or cyclic N) is 1. The summed E-state index contributed by atoms with van der Waals surface area (Å²) in [7, 11) is 0. The van der Waals surface area contributed by atoms with Crippen LogP contribution in [-0.2, 0) is 9.47 Å². The van der Waals surface area contributed by atoms with Crippen molar-refractivity contribution in [2.45, 2.75) is 71.8 Å². The molecule has 0 bridgehead atoms. The Balaban J connectivity index is 2.37. The molecular formula is C18H38N2O3. The van der Waals surface area contributed by atoms with Crippen LogP contribution in [0.5, 0.6) is 0 Å². The number of rotatable bonds is 7. The summed E-state index contributed by atoms with van der Waals surface area (Å²) in [5.74, 6) is 0. The first-order chi connectivity index (χ1) is 10.5. The van der Waals surface area contributed by atoms with Crippen molar-refractivity contribution in [3.63, 3.8) is 0 Å². The fraction of sp³-hybridized carbons (Fsp3) is 1.00. The molecule has 0 aliphatic carbocycles. The quantitative estimate of drug-likeness (QED) is 0.723. The molecule has 0 saturated carbocycles. The fourth-order valence-corrected chi connectivity index (χ4v) is 2.98. The number of aliphatic hydroxyl groups excluding tert-OH is 1. The minimum absolute atomic E-state index is 0.0466. The summed E-state index contributed by atoms with van der Waals surface area (Å²) in [6, 6.07) is 0. The van der Waals surface area contributed by atoms with Gasteiger partial charge in [0.1, 0.15) is 0 Å². The molecule has 1 N–H and O–H groups in total. The van der Waals surface area contributed by atoms with E-state index in [1.54, 1.807) is 0 Å². The van der Waals surface area contributed by atoms with E-state index in [0.29, 0.717) is 19.8 Å². The molecule has 0 aromatic rings. The van der Waals surface area contributed by atoms with Crippen LogP contribution in [0.2, 0.25) is 0 Å². The topological polar surface area (TPSA) is 45.2 Å². The molecule has 1 fully saturated rings. The summed E-state index contributed by atoms with van der Waals surface area (Å²) in [6.45, 7) is 20.3. The molecule has 1 aliphatic heterocycles. The second-order valence-electron chi connectivity index (χ2n) is 8.60. The first-order valence-electron chi connectivity index (χ1n) is 8.88. The van der Waals surface area contributed by atoms with Crippen LogP contribution in [0.25, 0.3) is 0 Å². The van der Waals surface area contributed by atoms with Crippen LogP contribution in [-0.4, -0.2) is 84.2 Å². The summed E-state index contributed by atoms with van der Waals surface area (Å²) in [5.41, 5.74) is 0.214. The van der Waals surface area contributed by atoms with Crippen LogP contribution in [0.3, 0.4) is 0 Å². The molecule has 5 nitrogen and oxygen atoms in total. The van der Waals surface area contributed by atoms with E-state index in [2.05, 4.69) is 58.3 Å². The Hall–Kier alpha value is -0.200. The van der Waals surface area contributed by atoms with E-state index in [-0.39, 0.29) is 29.9 Å². The van der Waals surface area contributed by atoms with E-state index in [1.165, 1.54) is 0 Å². The SMILES string of the molecule is CC1CN(C(C)(C)C)CC(COCCN(CCO)C(C)(C)C)O1. The van der Waals surface area contributed by atoms with E-state index in [1.807, 2.05) is 0 Å². The van der Waals surface area contributed by atoms with Crippen molar-refractivity contribution < 1.29 is 14.6 Å². The van der Waals surface area contributed by atoms with Crippen LogP contribution < -0.4 is 0 Å². The largest absolute Gasteiger partial charge is 0.395 e. The number of ether oxygens (including phenoxy) is 2. The number of nitrogens with zero attached hydrogens (tertiary/aromatic N) is 2. The van der Waals surface area contributed by atoms with Crippen molar-refractivity contribution in [3.05, 3.63) is 0 Å². The summed E-state index contributed by atoms with van der Waals surface area (Å²) < 4.78 is 11.9. The second-order valence-corrected chi connectivity index (χ2v) is 8.60. The Kier molecular flexibility index (Phi) is 7.94. The van der Waals surface area contributed by atoms with Gasteiger partial charge in [0.05, 0.1) is 32.0 Å². The fourth-order valence-electron chi connectivity index (χ4n) is 2.98. The van der Waals surface area contributed by atoms with Crippen molar-refractivity contribution in [2.75, 3.05) is 46.0 Å². The third-order valence-corrected chi connectivity index (χ3v) is 4.40. The van der Waals surface area contributed by atoms with E-state index in [9.17, 15) is 5.11 Å². The van der Waals surface area contributed by atoms with Gasteiger partial charge in [0.15, 0.2) is 0 Å². The molecule has 138 valence electrons. The maximum atomic E-state index is 9.19. The molecule has 1 rings (SSSR count). The molecule has 1 heterocycles. The molecule has 1 saturated heterocycles. The van der Waals surface area contributed by atoms with Gasteiger partial charge in [-0.05, 0) is 48.5 Å². The van der Waals surface area contributed by atoms with Gasteiger partial charge in [0.25, 0.3) is 0 Å². The Morgan fingerprint density at radius 2 is 1.78 bits per heavy atom. The highest BCUT2D eigenvalue weighted by atomic mass is 16.5. The van der Waals surface area contributed by atoms with Gasteiger partial charge in [-0.1, -0.05) is 0 Å². The smallest absolute Gasteiger partial charge is 0.0939 e. The molecule has 2 unspecified atom stereocenters. The van der Waals surface area contributed by atoms with Gasteiger partial charge in [-0.25, -0.2) is 0 Å². The van der Waals surface area contributed by atoms with E-state index >= 15 is 0 Å². The number of aliphatic hydroxyl groups is 1. The standard InChI is InChI=1S/C18H38N2O3/c1-15-12-20(18(5,6)7)13-16(23-15)14-22-11-9-19(8-10-21)17(2,3)4/h15-16,21H,8-14H2,1-7H3. The van der Waals surface area contributed by atoms with Gasteiger partial charge in [-0.3, -0.25) is 9.80 Å². The Morgan fingerprint density at radius 3 is 2.30 bits per heavy atom. The van der Waals surface area contributed by atoms with Crippen LogP contribution in [0.15, 0.2) is 0 Å². The lowest BCUT2D eigenvalue weighted by molar-refractivity contribution is -0.126. The highest BCUT2D eigenvalue weighted by molar-refractivity contribution is 4.84. The van der Waals surface area contributed by atoms with E-state index in [4.69, 9.17) is 9.47 Å². The number of hydrogen-bond acceptors (Lipinski definition) is 5. The first-order valence-corrected chi connectivity index (χ1v) is 8.88. The lowest BCUT2D eigenvalue weighted by Crippen LogP contribution is -2.55. The van der Waals surface area contributed by atoms with E-state index in [0.717, 1.165) is 19.6 Å². The average Bonchev–Trinajstić information content (AvgIpc) is 2.39. The summed E-state index contributed by atoms with van der Waals surface area (Å²) in [5, 5.41) is 9.19. The lowest BCUT2D eigenvalue weighted by atomic mass is 10.0. The third-order valence-electron chi connectivity index (χ3n) is 4.40. The molecular weight excluding hydrogens is 292 g/mol. The van der Waals surface area contributed by atoms with E-state index < -0.39 is 0 Å². The molecule has 1 aliphatic rings. The number of hydrogen-bond donors (Lipinski definition) is 1. The van der Waals surface area contributed by atoms with Crippen molar-refractivity contribution in [1.82, 2.24) is 9.80 Å². The Morgan fingerprint density at radius 1 is 1.13 bits per heavy atom. The van der Waals surface area contributed by atoms with Crippen molar-refractivity contribution in [2.24, 2.45) is 0 Å². The van der Waals surface area contributed by atoms with Gasteiger partial charge in [0.2, 0.25) is 0 Å². The predicted octanol–water partition coefficient (Wildman–Crippen LogP) is 1.98. The third kappa shape index (κ3) is 7.48. The Labute approximate surface area is 142 Å². The predicted molar refractivity (Wildman–Crippen MR) is 94.9 cm³/mol. The lowest BCUT2D eigenvalue weighted by Gasteiger charge is -2.44. The zero-order chi connectivity index (χ0) is 17.7. The number of morpholine rings is 1. The van der Waals surface area contributed by atoms with Gasteiger partial charge < -0.3 is 14.6 Å². The maximum absolute atomic E-state index is 9.19. The molecule has 23 heavy (non-hydrogen) atoms. The molecule has 0 aromatic heterocycles. The summed E-state index contributed by atoms with van der Waals surface area (Å²) >= 11 is 0. The molecule has 0 amide bonds. The summed E-state index contributed by atoms with van der Waals surface area (Å²) in [6.07, 6.45) is 0.385. The monoisotopic (exact) mass is 330 g/mol. The van der Waals surface area contributed by atoms with Gasteiger partial charge in [-0.15, -0.1) is 0 Å².